The number of nitrogens with one attached hydrogen (secondary N) is 1. The lowest BCUT2D eigenvalue weighted by atomic mass is 10.0. The summed E-state index contributed by atoms with van der Waals surface area (Å²) in [4.78, 5) is 0. The summed E-state index contributed by atoms with van der Waals surface area (Å²) in [6.45, 7) is 4.37. The summed E-state index contributed by atoms with van der Waals surface area (Å²) < 4.78 is 0. The molecule has 1 atom stereocenters. The summed E-state index contributed by atoms with van der Waals surface area (Å²) in [6, 6.07) is 0.319. The third kappa shape index (κ3) is 1.46. The van der Waals surface area contributed by atoms with Crippen molar-refractivity contribution < 1.29 is 0 Å². The van der Waals surface area contributed by atoms with Gasteiger partial charge in [0, 0.05) is 5.54 Å². The van der Waals surface area contributed by atoms with Gasteiger partial charge in [-0.15, -0.1) is 6.42 Å². The molecule has 50 valence electrons. The molecule has 0 radical (unpaired) electrons. The zero-order valence-corrected chi connectivity index (χ0v) is 6.07. The Balaban J connectivity index is 2.50. The average Bonchev–Trinajstić information content (AvgIpc) is 2.10. The first kappa shape index (κ1) is 6.64. The first-order valence-corrected chi connectivity index (χ1v) is 3.38. The van der Waals surface area contributed by atoms with E-state index in [-0.39, 0.29) is 5.54 Å². The first-order valence-electron chi connectivity index (χ1n) is 3.38. The maximum atomic E-state index is 5.24. The van der Waals surface area contributed by atoms with Crippen molar-refractivity contribution in [1.82, 2.24) is 5.32 Å². The number of hydrogen-bond donors (Lipinski definition) is 1. The van der Waals surface area contributed by atoms with Crippen LogP contribution in [0.15, 0.2) is 0 Å². The third-order valence-corrected chi connectivity index (χ3v) is 1.82. The van der Waals surface area contributed by atoms with Crippen LogP contribution in [-0.4, -0.2) is 11.6 Å². The van der Waals surface area contributed by atoms with E-state index in [9.17, 15) is 0 Å². The number of rotatable bonds is 0. The first-order chi connectivity index (χ1) is 4.14. The fourth-order valence-electron chi connectivity index (χ4n) is 1.25. The Morgan fingerprint density at radius 1 is 1.67 bits per heavy atom. The summed E-state index contributed by atoms with van der Waals surface area (Å²) >= 11 is 0. The minimum absolute atomic E-state index is 0.275. The van der Waals surface area contributed by atoms with Gasteiger partial charge in [0.2, 0.25) is 0 Å². The zero-order valence-electron chi connectivity index (χ0n) is 6.07. The van der Waals surface area contributed by atoms with Crippen LogP contribution < -0.4 is 5.32 Å². The van der Waals surface area contributed by atoms with Crippen LogP contribution in [0.2, 0.25) is 0 Å². The molecule has 1 heterocycles. The van der Waals surface area contributed by atoms with Crippen LogP contribution in [0, 0.1) is 12.3 Å². The van der Waals surface area contributed by atoms with Crippen molar-refractivity contribution in [3.8, 4) is 12.3 Å². The van der Waals surface area contributed by atoms with Crippen LogP contribution in [0.5, 0.6) is 0 Å². The second-order valence-electron chi connectivity index (χ2n) is 3.29. The van der Waals surface area contributed by atoms with Gasteiger partial charge < -0.3 is 0 Å². The van der Waals surface area contributed by atoms with E-state index in [1.165, 1.54) is 6.42 Å². The summed E-state index contributed by atoms with van der Waals surface area (Å²) in [5.41, 5.74) is 0.275. The van der Waals surface area contributed by atoms with Gasteiger partial charge in [-0.25, -0.2) is 0 Å². The maximum Gasteiger partial charge on any atom is 0.0691 e. The summed E-state index contributed by atoms with van der Waals surface area (Å²) in [5, 5.41) is 3.34. The lowest BCUT2D eigenvalue weighted by Gasteiger charge is -2.17. The van der Waals surface area contributed by atoms with E-state index >= 15 is 0 Å². The van der Waals surface area contributed by atoms with Gasteiger partial charge in [0.15, 0.2) is 0 Å². The molecular formula is C8H13N. The highest BCUT2D eigenvalue weighted by atomic mass is 15.0. The maximum absolute atomic E-state index is 5.24. The fourth-order valence-corrected chi connectivity index (χ4v) is 1.25. The topological polar surface area (TPSA) is 12.0 Å². The van der Waals surface area contributed by atoms with Crippen molar-refractivity contribution in [2.24, 2.45) is 0 Å². The van der Waals surface area contributed by atoms with Gasteiger partial charge in [0.1, 0.15) is 0 Å². The molecule has 1 fully saturated rings. The number of terminal acetylenes is 1. The normalized spacial score (nSPS) is 31.9. The average molecular weight is 123 g/mol. The smallest absolute Gasteiger partial charge is 0.0691 e. The van der Waals surface area contributed by atoms with Crippen LogP contribution in [0.4, 0.5) is 0 Å². The molecule has 1 N–H and O–H groups in total. The van der Waals surface area contributed by atoms with Gasteiger partial charge in [0.25, 0.3) is 0 Å². The Hall–Kier alpha value is -0.480. The highest BCUT2D eigenvalue weighted by Crippen LogP contribution is 2.21. The Morgan fingerprint density at radius 2 is 2.33 bits per heavy atom. The van der Waals surface area contributed by atoms with Crippen molar-refractivity contribution in [1.29, 1.82) is 0 Å². The molecule has 1 heteroatoms. The molecular weight excluding hydrogens is 110 g/mol. The van der Waals surface area contributed by atoms with Crippen molar-refractivity contribution in [3.05, 3.63) is 0 Å². The van der Waals surface area contributed by atoms with E-state index in [4.69, 9.17) is 6.42 Å². The fraction of sp³-hybridized carbons (Fsp3) is 0.750. The van der Waals surface area contributed by atoms with Gasteiger partial charge in [-0.3, -0.25) is 5.32 Å². The molecule has 1 rings (SSSR count). The monoisotopic (exact) mass is 123 g/mol. The van der Waals surface area contributed by atoms with Crippen LogP contribution >= 0.6 is 0 Å². The Morgan fingerprint density at radius 3 is 2.56 bits per heavy atom. The Bertz CT molecular complexity index is 141. The zero-order chi connectivity index (χ0) is 6.91. The molecule has 0 bridgehead atoms. The standard InChI is InChI=1S/C8H13N/c1-4-7-5-6-8(2,3)9-7/h1,7,9H,5-6H2,2-3H3. The summed E-state index contributed by atoms with van der Waals surface area (Å²) in [6.07, 6.45) is 7.57. The summed E-state index contributed by atoms with van der Waals surface area (Å²) in [5.74, 6) is 2.71. The Labute approximate surface area is 56.8 Å². The van der Waals surface area contributed by atoms with Gasteiger partial charge >= 0.3 is 0 Å². The molecule has 0 aliphatic carbocycles. The lowest BCUT2D eigenvalue weighted by molar-refractivity contribution is 0.449. The van der Waals surface area contributed by atoms with Crippen molar-refractivity contribution >= 4 is 0 Å². The van der Waals surface area contributed by atoms with Crippen molar-refractivity contribution in [3.63, 3.8) is 0 Å². The number of hydrogen-bond acceptors (Lipinski definition) is 1. The van der Waals surface area contributed by atoms with Crippen molar-refractivity contribution in [2.75, 3.05) is 0 Å². The van der Waals surface area contributed by atoms with Gasteiger partial charge in [-0.2, -0.15) is 0 Å². The van der Waals surface area contributed by atoms with E-state index < -0.39 is 0 Å². The molecule has 0 aromatic rings. The Kier molecular flexibility index (Phi) is 1.50. The molecule has 0 aromatic heterocycles. The highest BCUT2D eigenvalue weighted by Gasteiger charge is 2.27. The quantitative estimate of drug-likeness (QED) is 0.476. The van der Waals surface area contributed by atoms with E-state index in [0.29, 0.717) is 6.04 Å². The molecule has 1 aliphatic heterocycles. The molecule has 0 amide bonds. The highest BCUT2D eigenvalue weighted by molar-refractivity contribution is 5.06. The van der Waals surface area contributed by atoms with Gasteiger partial charge in [-0.05, 0) is 26.7 Å². The van der Waals surface area contributed by atoms with Crippen molar-refractivity contribution in [2.45, 2.75) is 38.3 Å². The van der Waals surface area contributed by atoms with Crippen LogP contribution in [0.3, 0.4) is 0 Å². The molecule has 1 unspecified atom stereocenters. The van der Waals surface area contributed by atoms with Gasteiger partial charge in [-0.1, -0.05) is 5.92 Å². The predicted octanol–water partition coefficient (Wildman–Crippen LogP) is 1.15. The molecule has 1 nitrogen and oxygen atoms in total. The van der Waals surface area contributed by atoms with E-state index in [1.54, 1.807) is 0 Å². The largest absolute Gasteiger partial charge is 0.299 e. The van der Waals surface area contributed by atoms with E-state index in [1.807, 2.05) is 0 Å². The minimum atomic E-state index is 0.275. The summed E-state index contributed by atoms with van der Waals surface area (Å²) in [7, 11) is 0. The van der Waals surface area contributed by atoms with Gasteiger partial charge in [0.05, 0.1) is 6.04 Å². The van der Waals surface area contributed by atoms with E-state index in [0.717, 1.165) is 6.42 Å². The van der Waals surface area contributed by atoms with Crippen LogP contribution in [0.25, 0.3) is 0 Å². The molecule has 0 spiro atoms. The molecule has 9 heavy (non-hydrogen) atoms. The molecule has 1 saturated heterocycles. The minimum Gasteiger partial charge on any atom is -0.299 e. The second-order valence-corrected chi connectivity index (χ2v) is 3.29. The van der Waals surface area contributed by atoms with E-state index in [2.05, 4.69) is 25.1 Å². The predicted molar refractivity (Wildman–Crippen MR) is 39.1 cm³/mol. The SMILES string of the molecule is C#CC1CCC(C)(C)N1. The lowest BCUT2D eigenvalue weighted by Crippen LogP contribution is -2.36. The van der Waals surface area contributed by atoms with Crippen LogP contribution in [0.1, 0.15) is 26.7 Å². The van der Waals surface area contributed by atoms with Crippen LogP contribution in [-0.2, 0) is 0 Å². The molecule has 1 aliphatic rings. The molecule has 0 saturated carbocycles. The third-order valence-electron chi connectivity index (χ3n) is 1.82. The second kappa shape index (κ2) is 2.04. The molecule has 0 aromatic carbocycles.